The molecule has 2 rings (SSSR count). The molecule has 126 valence electrons. The van der Waals surface area contributed by atoms with Crippen molar-refractivity contribution in [2.24, 2.45) is 4.99 Å². The summed E-state index contributed by atoms with van der Waals surface area (Å²) in [5, 5.41) is 6.56. The second kappa shape index (κ2) is 7.49. The molecule has 0 fully saturated rings. The highest BCUT2D eigenvalue weighted by Gasteiger charge is 2.23. The number of benzene rings is 1. The second-order valence-electron chi connectivity index (χ2n) is 6.90. The number of hydrogen-bond acceptors (Lipinski definition) is 2. The summed E-state index contributed by atoms with van der Waals surface area (Å²) >= 11 is 0. The Bertz CT molecular complexity index is 575. The maximum atomic E-state index is 12.4. The van der Waals surface area contributed by atoms with Crippen molar-refractivity contribution in [3.63, 3.8) is 0 Å². The van der Waals surface area contributed by atoms with E-state index in [2.05, 4.69) is 42.5 Å². The van der Waals surface area contributed by atoms with E-state index in [9.17, 15) is 4.79 Å². The molecule has 5 heteroatoms. The Morgan fingerprint density at radius 3 is 2.74 bits per heavy atom. The SMILES string of the molecule is CN=C(NCCCC(=O)N1CCc2ccccc21)NC(C)(C)C. The number of carbonyl (C=O) groups excluding carboxylic acids is 1. The molecule has 5 nitrogen and oxygen atoms in total. The number of nitrogens with one attached hydrogen (secondary N) is 2. The largest absolute Gasteiger partial charge is 0.356 e. The van der Waals surface area contributed by atoms with Gasteiger partial charge in [-0.25, -0.2) is 0 Å². The van der Waals surface area contributed by atoms with Crippen molar-refractivity contribution < 1.29 is 4.79 Å². The Morgan fingerprint density at radius 1 is 1.30 bits per heavy atom. The number of carbonyl (C=O) groups is 1. The lowest BCUT2D eigenvalue weighted by Gasteiger charge is -2.24. The van der Waals surface area contributed by atoms with Gasteiger partial charge in [0.1, 0.15) is 0 Å². The molecule has 1 aliphatic rings. The Labute approximate surface area is 139 Å². The third-order valence-corrected chi connectivity index (χ3v) is 3.77. The van der Waals surface area contributed by atoms with Gasteiger partial charge in [-0.2, -0.15) is 0 Å². The average molecular weight is 316 g/mol. The number of amides is 1. The number of rotatable bonds is 4. The number of anilines is 1. The topological polar surface area (TPSA) is 56.7 Å². The zero-order valence-corrected chi connectivity index (χ0v) is 14.6. The quantitative estimate of drug-likeness (QED) is 0.509. The molecule has 1 amide bonds. The molecule has 0 aliphatic carbocycles. The van der Waals surface area contributed by atoms with Gasteiger partial charge in [-0.1, -0.05) is 18.2 Å². The van der Waals surface area contributed by atoms with Crippen molar-refractivity contribution in [2.45, 2.75) is 45.6 Å². The van der Waals surface area contributed by atoms with E-state index in [1.165, 1.54) is 5.56 Å². The van der Waals surface area contributed by atoms with Crippen molar-refractivity contribution in [3.05, 3.63) is 29.8 Å². The number of guanidine groups is 1. The number of para-hydroxylation sites is 1. The minimum atomic E-state index is -0.0308. The van der Waals surface area contributed by atoms with Crippen LogP contribution in [0.5, 0.6) is 0 Å². The lowest BCUT2D eigenvalue weighted by atomic mass is 10.1. The molecule has 0 atom stereocenters. The van der Waals surface area contributed by atoms with E-state index in [4.69, 9.17) is 0 Å². The van der Waals surface area contributed by atoms with Gasteiger partial charge < -0.3 is 15.5 Å². The molecule has 0 spiro atoms. The van der Waals surface area contributed by atoms with Crippen LogP contribution < -0.4 is 15.5 Å². The van der Waals surface area contributed by atoms with E-state index < -0.39 is 0 Å². The van der Waals surface area contributed by atoms with E-state index in [1.54, 1.807) is 7.05 Å². The third kappa shape index (κ3) is 4.98. The van der Waals surface area contributed by atoms with Crippen molar-refractivity contribution in [3.8, 4) is 0 Å². The number of nitrogens with zero attached hydrogens (tertiary/aromatic N) is 2. The summed E-state index contributed by atoms with van der Waals surface area (Å²) in [5.74, 6) is 0.979. The Morgan fingerprint density at radius 2 is 2.04 bits per heavy atom. The van der Waals surface area contributed by atoms with Gasteiger partial charge in [0.15, 0.2) is 5.96 Å². The molecule has 1 aliphatic heterocycles. The van der Waals surface area contributed by atoms with Crippen LogP contribution in [-0.4, -0.2) is 37.5 Å². The van der Waals surface area contributed by atoms with Crippen LogP contribution in [0.4, 0.5) is 5.69 Å². The molecule has 0 aromatic heterocycles. The first-order chi connectivity index (χ1) is 10.9. The summed E-state index contributed by atoms with van der Waals surface area (Å²) in [6, 6.07) is 8.17. The smallest absolute Gasteiger partial charge is 0.227 e. The molecule has 0 saturated heterocycles. The Balaban J connectivity index is 1.76. The van der Waals surface area contributed by atoms with Gasteiger partial charge >= 0.3 is 0 Å². The van der Waals surface area contributed by atoms with Crippen LogP contribution in [0.2, 0.25) is 0 Å². The Hall–Kier alpha value is -2.04. The van der Waals surface area contributed by atoms with Gasteiger partial charge in [-0.05, 0) is 45.2 Å². The number of fused-ring (bicyclic) bond motifs is 1. The fraction of sp³-hybridized carbons (Fsp3) is 0.556. The predicted octanol–water partition coefficient (Wildman–Crippen LogP) is 2.32. The van der Waals surface area contributed by atoms with Crippen LogP contribution in [0.15, 0.2) is 29.3 Å². The summed E-state index contributed by atoms with van der Waals surface area (Å²) < 4.78 is 0. The molecule has 2 N–H and O–H groups in total. The van der Waals surface area contributed by atoms with Gasteiger partial charge in [0.25, 0.3) is 0 Å². The van der Waals surface area contributed by atoms with Crippen LogP contribution >= 0.6 is 0 Å². The number of aliphatic imine (C=N–C) groups is 1. The van der Waals surface area contributed by atoms with Crippen molar-refractivity contribution in [2.75, 3.05) is 25.0 Å². The summed E-state index contributed by atoms with van der Waals surface area (Å²) in [5.41, 5.74) is 2.32. The van der Waals surface area contributed by atoms with E-state index in [0.29, 0.717) is 6.42 Å². The van der Waals surface area contributed by atoms with Crippen molar-refractivity contribution in [1.29, 1.82) is 0 Å². The maximum Gasteiger partial charge on any atom is 0.227 e. The zero-order chi connectivity index (χ0) is 16.9. The fourth-order valence-corrected chi connectivity index (χ4v) is 2.71. The first kappa shape index (κ1) is 17.3. The average Bonchev–Trinajstić information content (AvgIpc) is 2.93. The van der Waals surface area contributed by atoms with Gasteiger partial charge in [-0.15, -0.1) is 0 Å². The van der Waals surface area contributed by atoms with Gasteiger partial charge in [-0.3, -0.25) is 9.79 Å². The molecular formula is C18H28N4O. The van der Waals surface area contributed by atoms with Gasteiger partial charge in [0, 0.05) is 37.8 Å². The standard InChI is InChI=1S/C18H28N4O/c1-18(2,3)21-17(19-4)20-12-7-10-16(23)22-13-11-14-8-5-6-9-15(14)22/h5-6,8-9H,7,10-13H2,1-4H3,(H2,19,20,21). The minimum absolute atomic E-state index is 0.0308. The molecule has 0 unspecified atom stereocenters. The molecule has 1 aromatic rings. The van der Waals surface area contributed by atoms with Crippen LogP contribution in [0, 0.1) is 0 Å². The highest BCUT2D eigenvalue weighted by atomic mass is 16.2. The zero-order valence-electron chi connectivity index (χ0n) is 14.6. The van der Waals surface area contributed by atoms with Crippen LogP contribution in [0.1, 0.15) is 39.2 Å². The predicted molar refractivity (Wildman–Crippen MR) is 96.0 cm³/mol. The third-order valence-electron chi connectivity index (χ3n) is 3.77. The van der Waals surface area contributed by atoms with Gasteiger partial charge in [0.05, 0.1) is 0 Å². The van der Waals surface area contributed by atoms with E-state index in [-0.39, 0.29) is 11.4 Å². The van der Waals surface area contributed by atoms with E-state index >= 15 is 0 Å². The molecule has 23 heavy (non-hydrogen) atoms. The lowest BCUT2D eigenvalue weighted by Crippen LogP contribution is -2.47. The van der Waals surface area contributed by atoms with E-state index in [1.807, 2.05) is 23.1 Å². The normalized spacial score (nSPS) is 14.6. The summed E-state index contributed by atoms with van der Waals surface area (Å²) in [4.78, 5) is 18.5. The molecule has 0 bridgehead atoms. The monoisotopic (exact) mass is 316 g/mol. The minimum Gasteiger partial charge on any atom is -0.356 e. The lowest BCUT2D eigenvalue weighted by molar-refractivity contribution is -0.118. The molecule has 1 aromatic carbocycles. The highest BCUT2D eigenvalue weighted by molar-refractivity contribution is 5.95. The molecule has 0 saturated carbocycles. The van der Waals surface area contributed by atoms with Crippen molar-refractivity contribution in [1.82, 2.24) is 10.6 Å². The summed E-state index contributed by atoms with van der Waals surface area (Å²) in [7, 11) is 1.76. The van der Waals surface area contributed by atoms with Gasteiger partial charge in [0.2, 0.25) is 5.91 Å². The van der Waals surface area contributed by atoms with Crippen molar-refractivity contribution >= 4 is 17.6 Å². The number of hydrogen-bond donors (Lipinski definition) is 2. The summed E-state index contributed by atoms with van der Waals surface area (Å²) in [6.07, 6.45) is 2.30. The van der Waals surface area contributed by atoms with Crippen LogP contribution in [-0.2, 0) is 11.2 Å². The Kier molecular flexibility index (Phi) is 5.64. The van der Waals surface area contributed by atoms with Crippen LogP contribution in [0.3, 0.4) is 0 Å². The summed E-state index contributed by atoms with van der Waals surface area (Å²) in [6.45, 7) is 7.81. The fourth-order valence-electron chi connectivity index (χ4n) is 2.71. The first-order valence-electron chi connectivity index (χ1n) is 8.28. The molecule has 1 heterocycles. The molecular weight excluding hydrogens is 288 g/mol. The molecule has 0 radical (unpaired) electrons. The highest BCUT2D eigenvalue weighted by Crippen LogP contribution is 2.27. The second-order valence-corrected chi connectivity index (χ2v) is 6.90. The first-order valence-corrected chi connectivity index (χ1v) is 8.28. The van der Waals surface area contributed by atoms with E-state index in [0.717, 1.165) is 37.6 Å². The van der Waals surface area contributed by atoms with Crippen LogP contribution in [0.25, 0.3) is 0 Å². The maximum absolute atomic E-state index is 12.4.